The van der Waals surface area contributed by atoms with Gasteiger partial charge in [-0.15, -0.1) is 0 Å². The molecule has 0 saturated heterocycles. The minimum atomic E-state index is -0.471. The second-order valence-electron chi connectivity index (χ2n) is 3.94. The van der Waals surface area contributed by atoms with Crippen LogP contribution in [0.4, 0.5) is 5.69 Å². The fourth-order valence-corrected chi connectivity index (χ4v) is 1.72. The Morgan fingerprint density at radius 3 is 2.75 bits per heavy atom. The number of anilines is 1. The molecule has 1 amide bonds. The number of halogens is 1. The Bertz CT molecular complexity index is 777. The normalized spacial score (nSPS) is 9.85. The van der Waals surface area contributed by atoms with Gasteiger partial charge in [0, 0.05) is 18.8 Å². The first-order valence-electron chi connectivity index (χ1n) is 5.56. The molecule has 0 spiro atoms. The lowest BCUT2D eigenvalue weighted by Gasteiger charge is -2.06. The molecule has 1 aromatic heterocycles. The first kappa shape index (κ1) is 13.8. The van der Waals surface area contributed by atoms with Crippen molar-refractivity contribution in [1.29, 1.82) is 5.26 Å². The van der Waals surface area contributed by atoms with Gasteiger partial charge in [-0.25, -0.2) is 4.68 Å². The van der Waals surface area contributed by atoms with E-state index in [0.717, 1.165) is 4.68 Å². The first-order chi connectivity index (χ1) is 9.51. The molecule has 0 saturated carbocycles. The minimum Gasteiger partial charge on any atom is -0.321 e. The standard InChI is InChI=1S/C13H9ClN4O2/c1-18-12(19)5-4-11(17-18)13(20)16-9-3-2-8(7-15)10(14)6-9/h2-6H,1H3,(H,16,20). The number of carbonyl (C=O) groups excluding carboxylic acids is 1. The summed E-state index contributed by atoms with van der Waals surface area (Å²) < 4.78 is 1.07. The Morgan fingerprint density at radius 2 is 2.15 bits per heavy atom. The molecule has 0 atom stereocenters. The number of amides is 1. The summed E-state index contributed by atoms with van der Waals surface area (Å²) in [7, 11) is 1.46. The Kier molecular flexibility index (Phi) is 3.82. The van der Waals surface area contributed by atoms with Crippen LogP contribution in [0.15, 0.2) is 35.1 Å². The summed E-state index contributed by atoms with van der Waals surface area (Å²) in [6, 6.07) is 9.06. The highest BCUT2D eigenvalue weighted by Crippen LogP contribution is 2.20. The molecule has 2 aromatic rings. The average molecular weight is 289 g/mol. The number of benzene rings is 1. The Labute approximate surface area is 119 Å². The van der Waals surface area contributed by atoms with Gasteiger partial charge < -0.3 is 5.32 Å². The molecule has 0 fully saturated rings. The van der Waals surface area contributed by atoms with E-state index in [-0.39, 0.29) is 16.3 Å². The number of nitriles is 1. The maximum atomic E-state index is 11.9. The number of nitrogens with zero attached hydrogens (tertiary/aromatic N) is 3. The molecule has 100 valence electrons. The van der Waals surface area contributed by atoms with Gasteiger partial charge in [-0.3, -0.25) is 9.59 Å². The van der Waals surface area contributed by atoms with Crippen LogP contribution in [0.2, 0.25) is 5.02 Å². The molecule has 1 heterocycles. The van der Waals surface area contributed by atoms with Crippen LogP contribution in [0.3, 0.4) is 0 Å². The van der Waals surface area contributed by atoms with E-state index < -0.39 is 5.91 Å². The average Bonchev–Trinajstić information content (AvgIpc) is 2.42. The molecule has 7 heteroatoms. The molecular formula is C13H9ClN4O2. The predicted octanol–water partition coefficient (Wildman–Crippen LogP) is 1.56. The maximum absolute atomic E-state index is 11.9. The van der Waals surface area contributed by atoms with Gasteiger partial charge in [0.1, 0.15) is 11.8 Å². The van der Waals surface area contributed by atoms with Gasteiger partial charge in [-0.2, -0.15) is 10.4 Å². The van der Waals surface area contributed by atoms with Gasteiger partial charge >= 0.3 is 0 Å². The smallest absolute Gasteiger partial charge is 0.276 e. The van der Waals surface area contributed by atoms with Crippen LogP contribution in [-0.2, 0) is 7.05 Å². The lowest BCUT2D eigenvalue weighted by atomic mass is 10.2. The second-order valence-corrected chi connectivity index (χ2v) is 4.35. The fourth-order valence-electron chi connectivity index (χ4n) is 1.50. The molecule has 0 aliphatic rings. The van der Waals surface area contributed by atoms with Gasteiger partial charge in [0.25, 0.3) is 11.5 Å². The molecular weight excluding hydrogens is 280 g/mol. The Hall–Kier alpha value is -2.65. The number of aryl methyl sites for hydroxylation is 1. The lowest BCUT2D eigenvalue weighted by Crippen LogP contribution is -2.23. The van der Waals surface area contributed by atoms with Crippen molar-refractivity contribution in [3.05, 3.63) is 57.0 Å². The summed E-state index contributed by atoms with van der Waals surface area (Å²) in [5, 5.41) is 15.4. The van der Waals surface area contributed by atoms with Crippen LogP contribution in [0.25, 0.3) is 0 Å². The van der Waals surface area contributed by atoms with Gasteiger partial charge in [0.2, 0.25) is 0 Å². The number of hydrogen-bond donors (Lipinski definition) is 1. The third-order valence-electron chi connectivity index (χ3n) is 2.54. The van der Waals surface area contributed by atoms with Crippen molar-refractivity contribution in [2.45, 2.75) is 0 Å². The molecule has 0 aliphatic heterocycles. The number of nitrogens with one attached hydrogen (secondary N) is 1. The topological polar surface area (TPSA) is 87.8 Å². The molecule has 2 rings (SSSR count). The van der Waals surface area contributed by atoms with Crippen molar-refractivity contribution in [3.63, 3.8) is 0 Å². The van der Waals surface area contributed by atoms with Gasteiger partial charge in [0.05, 0.1) is 10.6 Å². The summed E-state index contributed by atoms with van der Waals surface area (Å²) in [6.45, 7) is 0. The molecule has 1 N–H and O–H groups in total. The van der Waals surface area contributed by atoms with Crippen molar-refractivity contribution >= 4 is 23.2 Å². The first-order valence-corrected chi connectivity index (χ1v) is 5.94. The second kappa shape index (κ2) is 5.55. The van der Waals surface area contributed by atoms with E-state index in [4.69, 9.17) is 16.9 Å². The number of carbonyl (C=O) groups is 1. The molecule has 0 unspecified atom stereocenters. The summed E-state index contributed by atoms with van der Waals surface area (Å²) in [5.41, 5.74) is 0.565. The van der Waals surface area contributed by atoms with E-state index in [2.05, 4.69) is 10.4 Å². The SMILES string of the molecule is Cn1nc(C(=O)Nc2ccc(C#N)c(Cl)c2)ccc1=O. The van der Waals surface area contributed by atoms with E-state index in [9.17, 15) is 9.59 Å². The molecule has 1 aromatic carbocycles. The van der Waals surface area contributed by atoms with Crippen LogP contribution in [0.5, 0.6) is 0 Å². The number of aromatic nitrogens is 2. The maximum Gasteiger partial charge on any atom is 0.276 e. The monoisotopic (exact) mass is 288 g/mol. The van der Waals surface area contributed by atoms with Crippen molar-refractivity contribution < 1.29 is 4.79 Å². The van der Waals surface area contributed by atoms with Crippen molar-refractivity contribution in [3.8, 4) is 6.07 Å². The molecule has 0 bridgehead atoms. The molecule has 6 nitrogen and oxygen atoms in total. The van der Waals surface area contributed by atoms with Gasteiger partial charge in [-0.1, -0.05) is 11.6 Å². The summed E-state index contributed by atoms with van der Waals surface area (Å²) >= 11 is 5.87. The molecule has 0 radical (unpaired) electrons. The number of rotatable bonds is 2. The third kappa shape index (κ3) is 2.84. The summed E-state index contributed by atoms with van der Waals surface area (Å²) in [6.07, 6.45) is 0. The summed E-state index contributed by atoms with van der Waals surface area (Å²) in [4.78, 5) is 23.1. The highest BCUT2D eigenvalue weighted by Gasteiger charge is 2.10. The van der Waals surface area contributed by atoms with E-state index >= 15 is 0 Å². The van der Waals surface area contributed by atoms with E-state index in [1.807, 2.05) is 6.07 Å². The zero-order valence-electron chi connectivity index (χ0n) is 10.4. The van der Waals surface area contributed by atoms with Crippen LogP contribution >= 0.6 is 11.6 Å². The highest BCUT2D eigenvalue weighted by atomic mass is 35.5. The predicted molar refractivity (Wildman–Crippen MR) is 73.6 cm³/mol. The third-order valence-corrected chi connectivity index (χ3v) is 2.85. The van der Waals surface area contributed by atoms with Crippen LogP contribution < -0.4 is 10.9 Å². The minimum absolute atomic E-state index is 0.104. The zero-order chi connectivity index (χ0) is 14.7. The van der Waals surface area contributed by atoms with E-state index in [1.165, 1.54) is 31.3 Å². The Balaban J connectivity index is 2.23. The van der Waals surface area contributed by atoms with Crippen molar-refractivity contribution in [2.75, 3.05) is 5.32 Å². The molecule has 20 heavy (non-hydrogen) atoms. The molecule has 0 aliphatic carbocycles. The quantitative estimate of drug-likeness (QED) is 0.908. The van der Waals surface area contributed by atoms with Crippen molar-refractivity contribution in [1.82, 2.24) is 9.78 Å². The van der Waals surface area contributed by atoms with E-state index in [0.29, 0.717) is 11.3 Å². The van der Waals surface area contributed by atoms with Crippen molar-refractivity contribution in [2.24, 2.45) is 7.05 Å². The highest BCUT2D eigenvalue weighted by molar-refractivity contribution is 6.32. The Morgan fingerprint density at radius 1 is 1.40 bits per heavy atom. The van der Waals surface area contributed by atoms with Gasteiger partial charge in [0.15, 0.2) is 0 Å². The number of hydrogen-bond acceptors (Lipinski definition) is 4. The van der Waals surface area contributed by atoms with Crippen LogP contribution in [0, 0.1) is 11.3 Å². The summed E-state index contributed by atoms with van der Waals surface area (Å²) in [5.74, 6) is -0.471. The fraction of sp³-hybridized carbons (Fsp3) is 0.0769. The van der Waals surface area contributed by atoms with Crippen LogP contribution in [-0.4, -0.2) is 15.7 Å². The van der Waals surface area contributed by atoms with Gasteiger partial charge in [-0.05, 0) is 24.3 Å². The largest absolute Gasteiger partial charge is 0.321 e. The zero-order valence-corrected chi connectivity index (χ0v) is 11.2. The van der Waals surface area contributed by atoms with Crippen LogP contribution in [0.1, 0.15) is 16.1 Å². The van der Waals surface area contributed by atoms with E-state index in [1.54, 1.807) is 6.07 Å². The lowest BCUT2D eigenvalue weighted by molar-refractivity contribution is 0.102.